The van der Waals surface area contributed by atoms with Crippen molar-refractivity contribution in [1.82, 2.24) is 10.2 Å². The molecular formula is C11H17F3N2O3S. The van der Waals surface area contributed by atoms with E-state index in [4.69, 9.17) is 0 Å². The Labute approximate surface area is 115 Å². The van der Waals surface area contributed by atoms with Crippen molar-refractivity contribution in [3.05, 3.63) is 0 Å². The molecule has 1 N–H and O–H groups in total. The SMILES string of the molecule is O=C1CCN(CC2CCCS2(=O)=O)C(C(F)(F)F)CN1. The second kappa shape index (κ2) is 5.51. The molecule has 116 valence electrons. The Morgan fingerprint density at radius 1 is 1.35 bits per heavy atom. The lowest BCUT2D eigenvalue weighted by Gasteiger charge is -2.32. The van der Waals surface area contributed by atoms with Gasteiger partial charge >= 0.3 is 6.18 Å². The Balaban J connectivity index is 2.15. The molecule has 2 aliphatic rings. The van der Waals surface area contributed by atoms with Gasteiger partial charge in [-0.1, -0.05) is 0 Å². The van der Waals surface area contributed by atoms with Crippen molar-refractivity contribution in [3.63, 3.8) is 0 Å². The fraction of sp³-hybridized carbons (Fsp3) is 0.909. The fourth-order valence-electron chi connectivity index (χ4n) is 2.70. The number of amides is 1. The molecule has 0 aromatic heterocycles. The predicted molar refractivity (Wildman–Crippen MR) is 65.9 cm³/mol. The molecule has 5 nitrogen and oxygen atoms in total. The molecule has 0 aromatic rings. The van der Waals surface area contributed by atoms with Crippen LogP contribution in [0.25, 0.3) is 0 Å². The van der Waals surface area contributed by atoms with Gasteiger partial charge in [-0.2, -0.15) is 13.2 Å². The molecule has 0 radical (unpaired) electrons. The highest BCUT2D eigenvalue weighted by Gasteiger charge is 2.46. The summed E-state index contributed by atoms with van der Waals surface area (Å²) < 4.78 is 62.6. The first-order valence-electron chi connectivity index (χ1n) is 6.49. The van der Waals surface area contributed by atoms with Gasteiger partial charge in [-0.15, -0.1) is 0 Å². The first-order valence-corrected chi connectivity index (χ1v) is 8.21. The summed E-state index contributed by atoms with van der Waals surface area (Å²) in [6.07, 6.45) is -3.64. The van der Waals surface area contributed by atoms with Crippen LogP contribution in [0.2, 0.25) is 0 Å². The summed E-state index contributed by atoms with van der Waals surface area (Å²) in [6.45, 7) is -0.737. The molecule has 20 heavy (non-hydrogen) atoms. The highest BCUT2D eigenvalue weighted by molar-refractivity contribution is 7.92. The number of carbonyl (C=O) groups is 1. The Kier molecular flexibility index (Phi) is 4.29. The lowest BCUT2D eigenvalue weighted by Crippen LogP contribution is -2.52. The van der Waals surface area contributed by atoms with Crippen molar-refractivity contribution in [2.24, 2.45) is 0 Å². The van der Waals surface area contributed by atoms with Crippen LogP contribution in [0.1, 0.15) is 19.3 Å². The van der Waals surface area contributed by atoms with Crippen LogP contribution in [0.15, 0.2) is 0 Å². The highest BCUT2D eigenvalue weighted by Crippen LogP contribution is 2.28. The molecule has 2 saturated heterocycles. The van der Waals surface area contributed by atoms with Gasteiger partial charge in [0.15, 0.2) is 9.84 Å². The van der Waals surface area contributed by atoms with Crippen LogP contribution < -0.4 is 5.32 Å². The van der Waals surface area contributed by atoms with E-state index in [1.165, 1.54) is 0 Å². The van der Waals surface area contributed by atoms with Crippen LogP contribution in [-0.4, -0.2) is 62.1 Å². The van der Waals surface area contributed by atoms with Gasteiger partial charge in [-0.25, -0.2) is 8.42 Å². The van der Waals surface area contributed by atoms with E-state index in [0.717, 1.165) is 4.90 Å². The van der Waals surface area contributed by atoms with E-state index in [-0.39, 0.29) is 25.3 Å². The van der Waals surface area contributed by atoms with Gasteiger partial charge in [0.05, 0.1) is 11.0 Å². The van der Waals surface area contributed by atoms with Crippen LogP contribution in [0.5, 0.6) is 0 Å². The van der Waals surface area contributed by atoms with Gasteiger partial charge in [-0.05, 0) is 12.8 Å². The van der Waals surface area contributed by atoms with Gasteiger partial charge in [0.25, 0.3) is 0 Å². The second-order valence-corrected chi connectivity index (χ2v) is 7.64. The number of hydrogen-bond donors (Lipinski definition) is 1. The molecule has 2 atom stereocenters. The van der Waals surface area contributed by atoms with Crippen molar-refractivity contribution in [2.75, 3.05) is 25.4 Å². The minimum Gasteiger partial charge on any atom is -0.354 e. The Hall–Kier alpha value is -0.830. The number of rotatable bonds is 2. The van der Waals surface area contributed by atoms with Crippen LogP contribution in [0.4, 0.5) is 13.2 Å². The third-order valence-corrected chi connectivity index (χ3v) is 6.10. The summed E-state index contributed by atoms with van der Waals surface area (Å²) in [5.41, 5.74) is 0. The van der Waals surface area contributed by atoms with Crippen LogP contribution >= 0.6 is 0 Å². The molecule has 2 heterocycles. The van der Waals surface area contributed by atoms with E-state index in [9.17, 15) is 26.4 Å². The standard InChI is InChI=1S/C11H17F3N2O3S/c12-11(13,14)9-6-15-10(17)3-4-16(9)7-8-2-1-5-20(8,18)19/h8-9H,1-7H2,(H,15,17). The maximum atomic E-state index is 13.0. The molecule has 0 spiro atoms. The molecule has 2 unspecified atom stereocenters. The van der Waals surface area contributed by atoms with Crippen molar-refractivity contribution in [1.29, 1.82) is 0 Å². The lowest BCUT2D eigenvalue weighted by molar-refractivity contribution is -0.180. The van der Waals surface area contributed by atoms with Gasteiger partial charge in [-0.3, -0.25) is 9.69 Å². The number of hydrogen-bond acceptors (Lipinski definition) is 4. The third-order valence-electron chi connectivity index (χ3n) is 3.84. The molecule has 9 heteroatoms. The zero-order valence-electron chi connectivity index (χ0n) is 10.8. The Bertz CT molecular complexity index is 478. The monoisotopic (exact) mass is 314 g/mol. The number of carbonyl (C=O) groups excluding carboxylic acids is 1. The van der Waals surface area contributed by atoms with E-state index in [0.29, 0.717) is 12.8 Å². The summed E-state index contributed by atoms with van der Waals surface area (Å²) >= 11 is 0. The van der Waals surface area contributed by atoms with E-state index >= 15 is 0 Å². The molecule has 0 saturated carbocycles. The maximum Gasteiger partial charge on any atom is 0.405 e. The minimum atomic E-state index is -4.49. The summed E-state index contributed by atoms with van der Waals surface area (Å²) in [5, 5.41) is 1.48. The topological polar surface area (TPSA) is 66.5 Å². The first-order chi connectivity index (χ1) is 9.20. The largest absolute Gasteiger partial charge is 0.405 e. The van der Waals surface area contributed by atoms with Gasteiger partial charge in [0.1, 0.15) is 6.04 Å². The molecule has 1 amide bonds. The van der Waals surface area contributed by atoms with Crippen molar-refractivity contribution >= 4 is 15.7 Å². The zero-order valence-corrected chi connectivity index (χ0v) is 11.6. The summed E-state index contributed by atoms with van der Waals surface area (Å²) in [7, 11) is -3.30. The fourth-order valence-corrected chi connectivity index (χ4v) is 4.54. The third kappa shape index (κ3) is 3.43. The Morgan fingerprint density at radius 2 is 2.05 bits per heavy atom. The van der Waals surface area contributed by atoms with E-state index in [2.05, 4.69) is 5.32 Å². The number of alkyl halides is 3. The van der Waals surface area contributed by atoms with E-state index < -0.39 is 39.8 Å². The van der Waals surface area contributed by atoms with Crippen LogP contribution in [0.3, 0.4) is 0 Å². The molecule has 2 rings (SSSR count). The quantitative estimate of drug-likeness (QED) is 0.797. The van der Waals surface area contributed by atoms with Crippen LogP contribution in [0, 0.1) is 0 Å². The number of halogens is 3. The molecule has 0 aliphatic carbocycles. The first kappa shape index (κ1) is 15.6. The zero-order chi connectivity index (χ0) is 15.0. The van der Waals surface area contributed by atoms with Crippen molar-refractivity contribution in [3.8, 4) is 0 Å². The van der Waals surface area contributed by atoms with E-state index in [1.807, 2.05) is 0 Å². The summed E-state index contributed by atoms with van der Waals surface area (Å²) in [6, 6.07) is -1.82. The minimum absolute atomic E-state index is 0.0410. The van der Waals surface area contributed by atoms with Gasteiger partial charge in [0.2, 0.25) is 5.91 Å². The second-order valence-electron chi connectivity index (χ2n) is 5.24. The molecule has 0 aromatic carbocycles. The van der Waals surface area contributed by atoms with Crippen LogP contribution in [-0.2, 0) is 14.6 Å². The molecule has 2 aliphatic heterocycles. The van der Waals surface area contributed by atoms with Crippen molar-refractivity contribution in [2.45, 2.75) is 36.7 Å². The van der Waals surface area contributed by atoms with Crippen molar-refractivity contribution < 1.29 is 26.4 Å². The Morgan fingerprint density at radius 3 is 2.60 bits per heavy atom. The molecule has 0 bridgehead atoms. The lowest BCUT2D eigenvalue weighted by atomic mass is 10.2. The normalized spacial score (nSPS) is 31.9. The summed E-state index contributed by atoms with van der Waals surface area (Å²) in [4.78, 5) is 12.3. The highest BCUT2D eigenvalue weighted by atomic mass is 32.2. The molecule has 2 fully saturated rings. The average molecular weight is 314 g/mol. The number of nitrogens with zero attached hydrogens (tertiary/aromatic N) is 1. The van der Waals surface area contributed by atoms with Gasteiger partial charge < -0.3 is 5.32 Å². The molecular weight excluding hydrogens is 297 g/mol. The predicted octanol–water partition coefficient (Wildman–Crippen LogP) is 0.316. The summed E-state index contributed by atoms with van der Waals surface area (Å²) in [5.74, 6) is -0.393. The smallest absolute Gasteiger partial charge is 0.354 e. The number of nitrogens with one attached hydrogen (secondary N) is 1. The average Bonchev–Trinajstić information content (AvgIpc) is 2.53. The van der Waals surface area contributed by atoms with E-state index in [1.54, 1.807) is 0 Å². The van der Waals surface area contributed by atoms with Gasteiger partial charge in [0, 0.05) is 26.1 Å². The number of sulfone groups is 1. The maximum absolute atomic E-state index is 13.0.